The standard InChI is InChI=1S/C23H21ClF2N2O4S/c1-33(29,30)28-15-4-5-23(10-15)9-13-2-3-19(24)17(6-13)18-7-14(25)8-20(26)21(18)31-11-16-12-32-22(23)27-16/h2-3,6-8,12,15,28H,4-5,9-11H2,1H3/t15-,23+/m0/s1. The van der Waals surface area contributed by atoms with Crippen LogP contribution in [0.3, 0.4) is 0 Å². The topological polar surface area (TPSA) is 81.4 Å². The lowest BCUT2D eigenvalue weighted by molar-refractivity contribution is 0.286. The van der Waals surface area contributed by atoms with Gasteiger partial charge in [-0.1, -0.05) is 17.7 Å². The number of hydrogen-bond donors (Lipinski definition) is 1. The van der Waals surface area contributed by atoms with E-state index in [0.717, 1.165) is 17.9 Å². The van der Waals surface area contributed by atoms with Gasteiger partial charge in [-0.3, -0.25) is 0 Å². The molecule has 1 spiro atoms. The van der Waals surface area contributed by atoms with Crippen molar-refractivity contribution in [3.05, 3.63) is 70.4 Å². The number of fused-ring (bicyclic) bond motifs is 7. The van der Waals surface area contributed by atoms with Gasteiger partial charge >= 0.3 is 0 Å². The Morgan fingerprint density at radius 3 is 2.82 bits per heavy atom. The zero-order chi connectivity index (χ0) is 23.4. The molecule has 1 N–H and O–H groups in total. The van der Waals surface area contributed by atoms with Gasteiger partial charge in [0.2, 0.25) is 15.9 Å². The van der Waals surface area contributed by atoms with E-state index in [2.05, 4.69) is 9.71 Å². The SMILES string of the molecule is CS(=O)(=O)N[C@H]1CC[C@@]2(Cc3ccc(Cl)c(c3)-c3cc(F)cc(F)c3OCc3coc2n3)C1. The molecule has 1 aliphatic heterocycles. The van der Waals surface area contributed by atoms with Crippen LogP contribution in [-0.2, 0) is 28.5 Å². The predicted molar refractivity (Wildman–Crippen MR) is 119 cm³/mol. The van der Waals surface area contributed by atoms with Crippen LogP contribution in [0, 0.1) is 11.6 Å². The van der Waals surface area contributed by atoms with Crippen molar-refractivity contribution >= 4 is 21.6 Å². The van der Waals surface area contributed by atoms with Crippen LogP contribution in [0.4, 0.5) is 8.78 Å². The molecule has 2 atom stereocenters. The Labute approximate surface area is 195 Å². The van der Waals surface area contributed by atoms with Crippen LogP contribution in [0.5, 0.6) is 5.75 Å². The van der Waals surface area contributed by atoms with Gasteiger partial charge in [-0.2, -0.15) is 0 Å². The minimum Gasteiger partial charge on any atom is -0.483 e. The number of benzene rings is 2. The molecule has 4 bridgehead atoms. The predicted octanol–water partition coefficient (Wildman–Crippen LogP) is 4.75. The molecule has 2 aromatic carbocycles. The lowest BCUT2D eigenvalue weighted by atomic mass is 9.79. The molecule has 0 amide bonds. The second-order valence-electron chi connectivity index (χ2n) is 8.80. The molecule has 0 radical (unpaired) electrons. The summed E-state index contributed by atoms with van der Waals surface area (Å²) in [5.41, 5.74) is 1.41. The van der Waals surface area contributed by atoms with E-state index in [1.807, 2.05) is 6.07 Å². The molecule has 1 aliphatic carbocycles. The highest BCUT2D eigenvalue weighted by atomic mass is 35.5. The molecule has 1 aromatic heterocycles. The van der Waals surface area contributed by atoms with Gasteiger partial charge in [-0.15, -0.1) is 0 Å². The van der Waals surface area contributed by atoms with Crippen molar-refractivity contribution in [3.63, 3.8) is 0 Å². The molecule has 174 valence electrons. The highest BCUT2D eigenvalue weighted by Crippen LogP contribution is 2.45. The quantitative estimate of drug-likeness (QED) is 0.556. The average Bonchev–Trinajstić information content (AvgIpc) is 3.35. The summed E-state index contributed by atoms with van der Waals surface area (Å²) in [7, 11) is -3.37. The Morgan fingerprint density at radius 1 is 1.21 bits per heavy atom. The summed E-state index contributed by atoms with van der Waals surface area (Å²) in [6.07, 6.45) is 4.86. The third kappa shape index (κ3) is 4.37. The lowest BCUT2D eigenvalue weighted by Crippen LogP contribution is -2.35. The zero-order valence-electron chi connectivity index (χ0n) is 17.7. The largest absolute Gasteiger partial charge is 0.483 e. The van der Waals surface area contributed by atoms with E-state index >= 15 is 0 Å². The van der Waals surface area contributed by atoms with Gasteiger partial charge in [0.25, 0.3) is 0 Å². The zero-order valence-corrected chi connectivity index (χ0v) is 19.3. The van der Waals surface area contributed by atoms with Gasteiger partial charge < -0.3 is 9.15 Å². The van der Waals surface area contributed by atoms with Crippen molar-refractivity contribution in [2.75, 3.05) is 6.26 Å². The number of ether oxygens (including phenoxy) is 1. The molecule has 2 aliphatic rings. The number of hydrogen-bond acceptors (Lipinski definition) is 5. The Morgan fingerprint density at radius 2 is 2.03 bits per heavy atom. The fourth-order valence-corrected chi connectivity index (χ4v) is 5.94. The number of sulfonamides is 1. The van der Waals surface area contributed by atoms with Crippen LogP contribution in [0.15, 0.2) is 41.0 Å². The van der Waals surface area contributed by atoms with Gasteiger partial charge in [0, 0.05) is 28.3 Å². The summed E-state index contributed by atoms with van der Waals surface area (Å²) >= 11 is 6.44. The molecular weight excluding hydrogens is 474 g/mol. The molecule has 10 heteroatoms. The smallest absolute Gasteiger partial charge is 0.208 e. The van der Waals surface area contributed by atoms with Gasteiger partial charge in [-0.05, 0) is 49.4 Å². The van der Waals surface area contributed by atoms with Crippen LogP contribution in [0.25, 0.3) is 11.1 Å². The second kappa shape index (κ2) is 8.07. The first-order valence-electron chi connectivity index (χ1n) is 10.4. The first-order chi connectivity index (χ1) is 15.6. The molecule has 5 rings (SSSR count). The first kappa shape index (κ1) is 22.3. The number of nitrogens with zero attached hydrogens (tertiary/aromatic N) is 1. The minimum atomic E-state index is -3.37. The highest BCUT2D eigenvalue weighted by Gasteiger charge is 2.45. The number of nitrogens with one attached hydrogen (secondary N) is 1. The van der Waals surface area contributed by atoms with Crippen LogP contribution >= 0.6 is 11.6 Å². The van der Waals surface area contributed by atoms with Crippen LogP contribution < -0.4 is 9.46 Å². The molecule has 2 heterocycles. The van der Waals surface area contributed by atoms with Gasteiger partial charge in [0.1, 0.15) is 24.4 Å². The highest BCUT2D eigenvalue weighted by molar-refractivity contribution is 7.88. The van der Waals surface area contributed by atoms with E-state index < -0.39 is 27.1 Å². The summed E-state index contributed by atoms with van der Waals surface area (Å²) in [5.74, 6) is -1.22. The summed E-state index contributed by atoms with van der Waals surface area (Å²) in [5, 5.41) is 0.332. The van der Waals surface area contributed by atoms with E-state index in [9.17, 15) is 17.2 Å². The summed E-state index contributed by atoms with van der Waals surface area (Å²) in [6.45, 7) is -0.0859. The first-order valence-corrected chi connectivity index (χ1v) is 12.7. The van der Waals surface area contributed by atoms with Crippen molar-refractivity contribution in [1.82, 2.24) is 9.71 Å². The third-order valence-corrected chi connectivity index (χ3v) is 7.32. The molecule has 1 saturated carbocycles. The molecule has 3 aromatic rings. The van der Waals surface area contributed by atoms with E-state index in [0.29, 0.717) is 47.9 Å². The van der Waals surface area contributed by atoms with Crippen molar-refractivity contribution in [1.29, 1.82) is 0 Å². The summed E-state index contributed by atoms with van der Waals surface area (Å²) < 4.78 is 66.6. The van der Waals surface area contributed by atoms with Crippen molar-refractivity contribution in [3.8, 4) is 16.9 Å². The number of oxazole rings is 1. The number of aromatic nitrogens is 1. The third-order valence-electron chi connectivity index (χ3n) is 6.23. The van der Waals surface area contributed by atoms with E-state index in [4.69, 9.17) is 20.8 Å². The van der Waals surface area contributed by atoms with Gasteiger partial charge in [0.15, 0.2) is 11.6 Å². The van der Waals surface area contributed by atoms with Crippen molar-refractivity contribution in [2.24, 2.45) is 0 Å². The normalized spacial score (nSPS) is 22.4. The maximum atomic E-state index is 14.7. The number of halogens is 3. The Bertz CT molecular complexity index is 1340. The van der Waals surface area contributed by atoms with Gasteiger partial charge in [-0.25, -0.2) is 26.9 Å². The summed E-state index contributed by atoms with van der Waals surface area (Å²) in [6, 6.07) is 7.01. The maximum absolute atomic E-state index is 14.7. The molecule has 6 nitrogen and oxygen atoms in total. The molecule has 0 saturated heterocycles. The van der Waals surface area contributed by atoms with E-state index in [-0.39, 0.29) is 24.0 Å². The molecule has 0 unspecified atom stereocenters. The Kier molecular flexibility index (Phi) is 5.46. The van der Waals surface area contributed by atoms with E-state index in [1.54, 1.807) is 12.1 Å². The monoisotopic (exact) mass is 494 g/mol. The van der Waals surface area contributed by atoms with Crippen molar-refractivity contribution < 1.29 is 26.4 Å². The second-order valence-corrected chi connectivity index (χ2v) is 11.0. The number of rotatable bonds is 2. The van der Waals surface area contributed by atoms with E-state index in [1.165, 1.54) is 12.3 Å². The molecular formula is C23H21ClF2N2O4S. The van der Waals surface area contributed by atoms with Crippen LogP contribution in [0.1, 0.15) is 36.4 Å². The molecule has 1 fully saturated rings. The Hall–Kier alpha value is -2.49. The summed E-state index contributed by atoms with van der Waals surface area (Å²) in [4.78, 5) is 4.60. The van der Waals surface area contributed by atoms with Crippen LogP contribution in [-0.4, -0.2) is 25.7 Å². The minimum absolute atomic E-state index is 0.0859. The average molecular weight is 495 g/mol. The fourth-order valence-electron chi connectivity index (χ4n) is 4.91. The fraction of sp³-hybridized carbons (Fsp3) is 0.348. The van der Waals surface area contributed by atoms with Gasteiger partial charge in [0.05, 0.1) is 11.7 Å². The molecule has 33 heavy (non-hydrogen) atoms. The lowest BCUT2D eigenvalue weighted by Gasteiger charge is -2.27. The van der Waals surface area contributed by atoms with Crippen molar-refractivity contribution in [2.45, 2.75) is 43.7 Å². The van der Waals surface area contributed by atoms with Crippen LogP contribution in [0.2, 0.25) is 5.02 Å². The maximum Gasteiger partial charge on any atom is 0.208 e. The Balaban J connectivity index is 1.64.